The van der Waals surface area contributed by atoms with Crippen molar-refractivity contribution in [2.45, 2.75) is 46.7 Å². The number of aryl methyl sites for hydroxylation is 2. The molecule has 3 rings (SSSR count). The largest absolute Gasteiger partial charge is 0.330 e. The molecule has 1 unspecified atom stereocenters. The Morgan fingerprint density at radius 3 is 2.33 bits per heavy atom. The first-order chi connectivity index (χ1) is 15.8. The van der Waals surface area contributed by atoms with Crippen LogP contribution in [0.2, 0.25) is 0 Å². The number of nitrogens with zero attached hydrogens (tertiary/aromatic N) is 3. The zero-order valence-corrected chi connectivity index (χ0v) is 20.0. The molecule has 1 aromatic heterocycles. The topological polar surface area (TPSA) is 81.2 Å². The SMILES string of the molecule is Cc1ccc(C(=O)N(CCCN)C(c2nc(C)cc(=O)n2Cc2ccccc2)C(C)C)cc1. The molecule has 0 radical (unpaired) electrons. The van der Waals surface area contributed by atoms with Crippen LogP contribution in [0.15, 0.2) is 65.5 Å². The predicted octanol–water partition coefficient (Wildman–Crippen LogP) is 4.10. The smallest absolute Gasteiger partial charge is 0.254 e. The molecule has 0 saturated carbocycles. The fraction of sp³-hybridized carbons (Fsp3) is 0.370. The molecule has 3 aromatic rings. The van der Waals surface area contributed by atoms with Gasteiger partial charge in [-0.3, -0.25) is 14.2 Å². The number of nitrogens with two attached hydrogens (primary N) is 1. The van der Waals surface area contributed by atoms with Crippen molar-refractivity contribution in [1.29, 1.82) is 0 Å². The van der Waals surface area contributed by atoms with Crippen LogP contribution in [0.4, 0.5) is 0 Å². The predicted molar refractivity (Wildman–Crippen MR) is 132 cm³/mol. The summed E-state index contributed by atoms with van der Waals surface area (Å²) < 4.78 is 1.70. The number of hydrogen-bond acceptors (Lipinski definition) is 4. The van der Waals surface area contributed by atoms with Crippen LogP contribution in [0.25, 0.3) is 0 Å². The monoisotopic (exact) mass is 446 g/mol. The van der Waals surface area contributed by atoms with Crippen LogP contribution in [0, 0.1) is 19.8 Å². The lowest BCUT2D eigenvalue weighted by molar-refractivity contribution is 0.0601. The van der Waals surface area contributed by atoms with E-state index in [1.165, 1.54) is 0 Å². The number of amides is 1. The van der Waals surface area contributed by atoms with Gasteiger partial charge in [0.2, 0.25) is 0 Å². The van der Waals surface area contributed by atoms with Gasteiger partial charge in [0.1, 0.15) is 5.82 Å². The molecule has 6 nitrogen and oxygen atoms in total. The fourth-order valence-corrected chi connectivity index (χ4v) is 4.08. The molecule has 1 heterocycles. The van der Waals surface area contributed by atoms with Crippen LogP contribution in [0.1, 0.15) is 59.3 Å². The lowest BCUT2D eigenvalue weighted by Crippen LogP contribution is -2.42. The van der Waals surface area contributed by atoms with Crippen molar-refractivity contribution < 1.29 is 4.79 Å². The Hall–Kier alpha value is -3.25. The second-order valence-corrected chi connectivity index (χ2v) is 8.86. The molecule has 0 spiro atoms. The highest BCUT2D eigenvalue weighted by molar-refractivity contribution is 5.94. The van der Waals surface area contributed by atoms with Crippen molar-refractivity contribution in [2.75, 3.05) is 13.1 Å². The van der Waals surface area contributed by atoms with Crippen molar-refractivity contribution in [3.8, 4) is 0 Å². The minimum absolute atomic E-state index is 0.0351. The van der Waals surface area contributed by atoms with Gasteiger partial charge < -0.3 is 10.6 Å². The highest BCUT2D eigenvalue weighted by Gasteiger charge is 2.32. The van der Waals surface area contributed by atoms with Gasteiger partial charge in [-0.2, -0.15) is 0 Å². The van der Waals surface area contributed by atoms with E-state index in [0.29, 0.717) is 43.1 Å². The summed E-state index contributed by atoms with van der Waals surface area (Å²) >= 11 is 0. The Labute approximate surface area is 196 Å². The minimum atomic E-state index is -0.373. The van der Waals surface area contributed by atoms with E-state index in [1.807, 2.05) is 73.3 Å². The van der Waals surface area contributed by atoms with Crippen LogP contribution in [0.5, 0.6) is 0 Å². The zero-order chi connectivity index (χ0) is 24.0. The van der Waals surface area contributed by atoms with Crippen LogP contribution in [0.3, 0.4) is 0 Å². The van der Waals surface area contributed by atoms with Gasteiger partial charge >= 0.3 is 0 Å². The molecule has 1 amide bonds. The molecule has 2 N–H and O–H groups in total. The number of carbonyl (C=O) groups is 1. The Morgan fingerprint density at radius 1 is 1.06 bits per heavy atom. The van der Waals surface area contributed by atoms with E-state index in [9.17, 15) is 9.59 Å². The second-order valence-electron chi connectivity index (χ2n) is 8.86. The summed E-state index contributed by atoms with van der Waals surface area (Å²) in [6.07, 6.45) is 0.662. The van der Waals surface area contributed by atoms with E-state index in [-0.39, 0.29) is 23.4 Å². The molecule has 0 aliphatic carbocycles. The lowest BCUT2D eigenvalue weighted by Gasteiger charge is -2.35. The van der Waals surface area contributed by atoms with Crippen molar-refractivity contribution in [2.24, 2.45) is 11.7 Å². The van der Waals surface area contributed by atoms with Crippen molar-refractivity contribution in [3.63, 3.8) is 0 Å². The minimum Gasteiger partial charge on any atom is -0.330 e. The fourth-order valence-electron chi connectivity index (χ4n) is 4.08. The number of benzene rings is 2. The summed E-state index contributed by atoms with van der Waals surface area (Å²) in [7, 11) is 0. The van der Waals surface area contributed by atoms with Gasteiger partial charge in [0.05, 0.1) is 12.6 Å². The van der Waals surface area contributed by atoms with E-state index >= 15 is 0 Å². The van der Waals surface area contributed by atoms with Gasteiger partial charge in [0.15, 0.2) is 0 Å². The van der Waals surface area contributed by atoms with Gasteiger partial charge in [-0.1, -0.05) is 61.9 Å². The molecule has 0 aliphatic heterocycles. The molecule has 0 bridgehead atoms. The molecule has 1 atom stereocenters. The molecule has 174 valence electrons. The van der Waals surface area contributed by atoms with E-state index < -0.39 is 0 Å². The molecule has 0 saturated heterocycles. The maximum atomic E-state index is 13.7. The standard InChI is InChI=1S/C27H34N4O2/c1-19(2)25(30(16-8-15-28)27(33)23-13-11-20(3)12-14-23)26-29-21(4)17-24(32)31(26)18-22-9-6-5-7-10-22/h5-7,9-14,17,19,25H,8,15-16,18,28H2,1-4H3. The van der Waals surface area contributed by atoms with Gasteiger partial charge in [0.25, 0.3) is 11.5 Å². The van der Waals surface area contributed by atoms with E-state index in [4.69, 9.17) is 10.7 Å². The molecule has 0 aliphatic rings. The Bertz CT molecular complexity index is 1120. The number of carbonyl (C=O) groups excluding carboxylic acids is 1. The van der Waals surface area contributed by atoms with Crippen LogP contribution in [-0.4, -0.2) is 33.4 Å². The number of aromatic nitrogens is 2. The van der Waals surface area contributed by atoms with Crippen LogP contribution in [-0.2, 0) is 6.54 Å². The first-order valence-electron chi connectivity index (χ1n) is 11.5. The summed E-state index contributed by atoms with van der Waals surface area (Å²) in [5, 5.41) is 0. The van der Waals surface area contributed by atoms with Gasteiger partial charge in [0, 0.05) is 23.9 Å². The highest BCUT2D eigenvalue weighted by Crippen LogP contribution is 2.29. The quantitative estimate of drug-likeness (QED) is 0.537. The average molecular weight is 447 g/mol. The average Bonchev–Trinajstić information content (AvgIpc) is 2.79. The summed E-state index contributed by atoms with van der Waals surface area (Å²) in [6.45, 7) is 9.29. The number of rotatable bonds is 9. The maximum Gasteiger partial charge on any atom is 0.254 e. The second kappa shape index (κ2) is 11.1. The summed E-state index contributed by atoms with van der Waals surface area (Å²) in [5.41, 5.74) is 9.07. The van der Waals surface area contributed by atoms with Crippen molar-refractivity contribution in [3.05, 3.63) is 99.2 Å². The first kappa shape index (κ1) is 24.4. The van der Waals surface area contributed by atoms with E-state index in [2.05, 4.69) is 13.8 Å². The van der Waals surface area contributed by atoms with Crippen molar-refractivity contribution in [1.82, 2.24) is 14.5 Å². The maximum absolute atomic E-state index is 13.7. The molecular formula is C27H34N4O2. The zero-order valence-electron chi connectivity index (χ0n) is 20.0. The molecule has 2 aromatic carbocycles. The van der Waals surface area contributed by atoms with Crippen LogP contribution < -0.4 is 11.3 Å². The summed E-state index contributed by atoms with van der Waals surface area (Å²) in [5.74, 6) is 0.563. The van der Waals surface area contributed by atoms with E-state index in [0.717, 1.165) is 11.1 Å². The van der Waals surface area contributed by atoms with Crippen LogP contribution >= 0.6 is 0 Å². The van der Waals surface area contributed by atoms with Gasteiger partial charge in [-0.05, 0) is 50.4 Å². The Balaban J connectivity index is 2.12. The third kappa shape index (κ3) is 5.96. The molecular weight excluding hydrogens is 412 g/mol. The normalized spacial score (nSPS) is 12.1. The molecule has 6 heteroatoms. The first-order valence-corrected chi connectivity index (χ1v) is 11.5. The van der Waals surface area contributed by atoms with E-state index in [1.54, 1.807) is 10.6 Å². The summed E-state index contributed by atoms with van der Waals surface area (Å²) in [4.78, 5) is 33.4. The highest BCUT2D eigenvalue weighted by atomic mass is 16.2. The molecule has 0 fully saturated rings. The Kier molecular flexibility index (Phi) is 8.17. The third-order valence-electron chi connectivity index (χ3n) is 5.74. The van der Waals surface area contributed by atoms with Crippen molar-refractivity contribution >= 4 is 5.91 Å². The van der Waals surface area contributed by atoms with Gasteiger partial charge in [-0.15, -0.1) is 0 Å². The molecule has 33 heavy (non-hydrogen) atoms. The summed E-state index contributed by atoms with van der Waals surface area (Å²) in [6, 6.07) is 18.6. The number of hydrogen-bond donors (Lipinski definition) is 1. The lowest BCUT2D eigenvalue weighted by atomic mass is 9.98. The van der Waals surface area contributed by atoms with Gasteiger partial charge in [-0.25, -0.2) is 4.98 Å². The Morgan fingerprint density at radius 2 is 1.73 bits per heavy atom. The third-order valence-corrected chi connectivity index (χ3v) is 5.74.